The van der Waals surface area contributed by atoms with Crippen molar-refractivity contribution in [2.45, 2.75) is 65.3 Å². The third kappa shape index (κ3) is 6.36. The van der Waals surface area contributed by atoms with Crippen molar-refractivity contribution in [3.8, 4) is 0 Å². The Morgan fingerprint density at radius 2 is 1.71 bits per heavy atom. The quantitative estimate of drug-likeness (QED) is 0.162. The van der Waals surface area contributed by atoms with Crippen LogP contribution in [0.1, 0.15) is 70.2 Å². The standard InChI is InChI=1S/C19H31BrN2OS/c1-4-7-10-22(11-8-5-2,12-9-6-3)18(14-21-16-23)19-13-17(20)15-24-19/h13-15,18H,4-12H2,1-3H3. The van der Waals surface area contributed by atoms with Crippen LogP contribution in [-0.2, 0) is 4.79 Å². The number of quaternary nitrogens is 1. The lowest BCUT2D eigenvalue weighted by atomic mass is 10.0. The van der Waals surface area contributed by atoms with Crippen LogP contribution in [0.4, 0.5) is 0 Å². The van der Waals surface area contributed by atoms with E-state index in [9.17, 15) is 4.79 Å². The monoisotopic (exact) mass is 414 g/mol. The minimum absolute atomic E-state index is 0.146. The van der Waals surface area contributed by atoms with Crippen molar-refractivity contribution in [1.29, 1.82) is 0 Å². The zero-order valence-electron chi connectivity index (χ0n) is 15.3. The van der Waals surface area contributed by atoms with E-state index in [1.165, 1.54) is 43.4 Å². The molecule has 1 rings (SSSR count). The van der Waals surface area contributed by atoms with Gasteiger partial charge < -0.3 is 14.3 Å². The summed E-state index contributed by atoms with van der Waals surface area (Å²) >= 11 is 5.33. The van der Waals surface area contributed by atoms with Gasteiger partial charge in [-0.3, -0.25) is 0 Å². The molecule has 0 saturated heterocycles. The van der Waals surface area contributed by atoms with Gasteiger partial charge in [0.1, 0.15) is 0 Å². The molecule has 0 aromatic carbocycles. The third-order valence-corrected chi connectivity index (χ3v) is 6.37. The van der Waals surface area contributed by atoms with Crippen LogP contribution in [0.25, 0.3) is 0 Å². The van der Waals surface area contributed by atoms with Crippen molar-refractivity contribution in [2.75, 3.05) is 19.6 Å². The Bertz CT molecular complexity index is 489. The number of carbonyl (C=O) groups excluding carboxylic acids is 1. The van der Waals surface area contributed by atoms with Crippen molar-refractivity contribution in [3.63, 3.8) is 0 Å². The van der Waals surface area contributed by atoms with Gasteiger partial charge in [0.05, 0.1) is 30.6 Å². The maximum Gasteiger partial charge on any atom is 0.0967 e. The molecule has 0 radical (unpaired) electrons. The van der Waals surface area contributed by atoms with Crippen molar-refractivity contribution in [2.24, 2.45) is 4.99 Å². The second-order valence-electron chi connectivity index (χ2n) is 6.43. The molecule has 0 spiro atoms. The molecule has 1 aromatic heterocycles. The fraction of sp³-hybridized carbons (Fsp3) is 0.684. The summed E-state index contributed by atoms with van der Waals surface area (Å²) in [5, 5.41) is 2.12. The van der Waals surface area contributed by atoms with Crippen LogP contribution < -0.4 is 0 Å². The number of isocyanates is 1. The van der Waals surface area contributed by atoms with Gasteiger partial charge >= 0.3 is 0 Å². The van der Waals surface area contributed by atoms with Crippen LogP contribution in [0.15, 0.2) is 20.9 Å². The number of thiophene rings is 1. The van der Waals surface area contributed by atoms with Crippen LogP contribution in [0.3, 0.4) is 0 Å². The molecule has 3 nitrogen and oxygen atoms in total. The highest BCUT2D eigenvalue weighted by molar-refractivity contribution is 9.10. The molecule has 0 amide bonds. The van der Waals surface area contributed by atoms with E-state index in [-0.39, 0.29) is 6.04 Å². The molecule has 0 bridgehead atoms. The van der Waals surface area contributed by atoms with Gasteiger partial charge in [-0.05, 0) is 47.3 Å². The zero-order valence-corrected chi connectivity index (χ0v) is 17.7. The number of rotatable bonds is 13. The molecule has 0 aliphatic carbocycles. The maximum atomic E-state index is 10.8. The molecule has 0 saturated carbocycles. The van der Waals surface area contributed by atoms with E-state index in [2.05, 4.69) is 53.1 Å². The van der Waals surface area contributed by atoms with Crippen LogP contribution in [0.2, 0.25) is 0 Å². The van der Waals surface area contributed by atoms with E-state index < -0.39 is 0 Å². The van der Waals surface area contributed by atoms with E-state index in [4.69, 9.17) is 0 Å². The van der Waals surface area contributed by atoms with Gasteiger partial charge in [-0.2, -0.15) is 0 Å². The minimum Gasteiger partial charge on any atom is -0.380 e. The average Bonchev–Trinajstić information content (AvgIpc) is 3.02. The molecule has 1 atom stereocenters. The average molecular weight is 415 g/mol. The van der Waals surface area contributed by atoms with E-state index in [1.54, 1.807) is 17.4 Å². The number of unbranched alkanes of at least 4 members (excludes halogenated alkanes) is 3. The van der Waals surface area contributed by atoms with Gasteiger partial charge in [0, 0.05) is 9.85 Å². The highest BCUT2D eigenvalue weighted by Crippen LogP contribution is 2.38. The molecule has 0 N–H and O–H groups in total. The second kappa shape index (κ2) is 11.9. The van der Waals surface area contributed by atoms with Gasteiger partial charge in [-0.15, -0.1) is 11.3 Å². The Kier molecular flexibility index (Phi) is 10.6. The molecular formula is C19H31BrN2OS. The predicted octanol–water partition coefficient (Wildman–Crippen LogP) is 6.27. The van der Waals surface area contributed by atoms with E-state index in [0.717, 1.165) is 28.6 Å². The molecule has 24 heavy (non-hydrogen) atoms. The molecule has 0 fully saturated rings. The Labute approximate surface area is 159 Å². The van der Waals surface area contributed by atoms with Gasteiger partial charge in [0.2, 0.25) is 0 Å². The van der Waals surface area contributed by atoms with Crippen molar-refractivity contribution in [3.05, 3.63) is 27.3 Å². The van der Waals surface area contributed by atoms with Gasteiger partial charge in [-0.25, -0.2) is 0 Å². The van der Waals surface area contributed by atoms with Gasteiger partial charge in [0.25, 0.3) is 0 Å². The Morgan fingerprint density at radius 3 is 2.08 bits per heavy atom. The van der Waals surface area contributed by atoms with Crippen molar-refractivity contribution < 1.29 is 9.28 Å². The van der Waals surface area contributed by atoms with E-state index in [0.29, 0.717) is 0 Å². The Hall–Kier alpha value is -0.610. The molecule has 1 aromatic rings. The minimum atomic E-state index is 0.146. The lowest BCUT2D eigenvalue weighted by molar-refractivity contribution is -0.953. The van der Waals surface area contributed by atoms with E-state index in [1.807, 2.05) is 6.54 Å². The smallest absolute Gasteiger partial charge is 0.0967 e. The molecule has 136 valence electrons. The molecule has 1 heterocycles. The summed E-state index contributed by atoms with van der Waals surface area (Å²) in [6.45, 7) is 12.0. The van der Waals surface area contributed by atoms with E-state index >= 15 is 0 Å². The first-order valence-electron chi connectivity index (χ1n) is 9.13. The van der Waals surface area contributed by atoms with Crippen LogP contribution in [0.5, 0.6) is 0 Å². The SMILES string of the molecule is CCCC[N+](CCCC)(CCCC)C([CH-]N=C=O)c1cc(Br)cs1. The summed E-state index contributed by atoms with van der Waals surface area (Å²) in [6, 6.07) is 2.33. The first kappa shape index (κ1) is 21.4. The summed E-state index contributed by atoms with van der Waals surface area (Å²) in [5.74, 6) is 0. The number of nitrogens with zero attached hydrogens (tertiary/aromatic N) is 2. The van der Waals surface area contributed by atoms with Gasteiger partial charge in [0.15, 0.2) is 0 Å². The number of hydrogen-bond acceptors (Lipinski definition) is 3. The summed E-state index contributed by atoms with van der Waals surface area (Å²) in [4.78, 5) is 16.0. The third-order valence-electron chi connectivity index (χ3n) is 4.61. The molecule has 0 aliphatic rings. The number of hydrogen-bond donors (Lipinski definition) is 0. The van der Waals surface area contributed by atoms with Crippen LogP contribution in [0, 0.1) is 6.54 Å². The fourth-order valence-electron chi connectivity index (χ4n) is 3.24. The number of aliphatic imine (C=N–C) groups is 1. The highest BCUT2D eigenvalue weighted by atomic mass is 79.9. The lowest BCUT2D eigenvalue weighted by Crippen LogP contribution is -2.52. The maximum absolute atomic E-state index is 10.8. The summed E-state index contributed by atoms with van der Waals surface area (Å²) in [7, 11) is 0. The number of halogens is 1. The normalized spacial score (nSPS) is 12.7. The fourth-order valence-corrected chi connectivity index (χ4v) is 4.86. The first-order chi connectivity index (χ1) is 11.6. The van der Waals surface area contributed by atoms with Crippen molar-refractivity contribution in [1.82, 2.24) is 0 Å². The summed E-state index contributed by atoms with van der Waals surface area (Å²) < 4.78 is 2.11. The molecular weight excluding hydrogens is 384 g/mol. The van der Waals surface area contributed by atoms with Crippen LogP contribution >= 0.6 is 27.3 Å². The topological polar surface area (TPSA) is 29.4 Å². The van der Waals surface area contributed by atoms with Gasteiger partial charge in [-0.1, -0.05) is 46.6 Å². The summed E-state index contributed by atoms with van der Waals surface area (Å²) in [5.41, 5.74) is 0. The zero-order chi connectivity index (χ0) is 17.8. The lowest BCUT2D eigenvalue weighted by Gasteiger charge is -2.47. The Morgan fingerprint density at radius 1 is 1.17 bits per heavy atom. The molecule has 0 aliphatic heterocycles. The summed E-state index contributed by atoms with van der Waals surface area (Å²) in [6.07, 6.45) is 8.90. The molecule has 1 unspecified atom stereocenters. The van der Waals surface area contributed by atoms with Crippen LogP contribution in [-0.4, -0.2) is 30.2 Å². The largest absolute Gasteiger partial charge is 0.380 e. The molecule has 5 heteroatoms. The Balaban J connectivity index is 3.24. The first-order valence-corrected chi connectivity index (χ1v) is 10.8. The highest BCUT2D eigenvalue weighted by Gasteiger charge is 2.34. The predicted molar refractivity (Wildman–Crippen MR) is 107 cm³/mol. The van der Waals surface area contributed by atoms with Crippen molar-refractivity contribution >= 4 is 33.3 Å². The second-order valence-corrected chi connectivity index (χ2v) is 8.29.